The number of aromatic nitrogens is 1. The van der Waals surface area contributed by atoms with Crippen molar-refractivity contribution < 1.29 is 9.47 Å². The van der Waals surface area contributed by atoms with Gasteiger partial charge in [0.2, 0.25) is 0 Å². The Hall–Kier alpha value is -2.01. The van der Waals surface area contributed by atoms with Crippen molar-refractivity contribution in [2.75, 3.05) is 32.6 Å². The van der Waals surface area contributed by atoms with Crippen molar-refractivity contribution >= 4 is 16.6 Å². The number of rotatable bonds is 5. The molecular weight excluding hydrogens is 338 g/mol. The molecule has 1 fully saturated rings. The number of hydrogen-bond donors (Lipinski definition) is 1. The molecule has 4 rings (SSSR count). The Bertz CT molecular complexity index is 826. The molecule has 0 amide bonds. The van der Waals surface area contributed by atoms with Crippen LogP contribution in [0.1, 0.15) is 44.4 Å². The number of nitrogens with one attached hydrogen (secondary N) is 1. The van der Waals surface area contributed by atoms with E-state index in [1.807, 2.05) is 6.07 Å². The molecule has 1 aromatic heterocycles. The quantitative estimate of drug-likeness (QED) is 0.862. The van der Waals surface area contributed by atoms with Crippen molar-refractivity contribution in [3.05, 3.63) is 23.4 Å². The SMILES string of the molecule is COc1cc2nc3c(c(NC4CCN(C(C)C)CC4)c2cc1OC)CCC3. The molecule has 0 unspecified atom stereocenters. The molecule has 0 spiro atoms. The third kappa shape index (κ3) is 3.45. The zero-order chi connectivity index (χ0) is 19.0. The van der Waals surface area contributed by atoms with Gasteiger partial charge in [0.05, 0.1) is 19.7 Å². The van der Waals surface area contributed by atoms with Crippen molar-refractivity contribution in [3.8, 4) is 11.5 Å². The Kier molecular flexibility index (Phi) is 5.13. The first-order chi connectivity index (χ1) is 13.1. The van der Waals surface area contributed by atoms with Gasteiger partial charge in [-0.2, -0.15) is 0 Å². The van der Waals surface area contributed by atoms with Crippen LogP contribution in [0.5, 0.6) is 11.5 Å². The fourth-order valence-corrected chi connectivity index (χ4v) is 4.52. The van der Waals surface area contributed by atoms with Crippen LogP contribution in [-0.2, 0) is 12.8 Å². The van der Waals surface area contributed by atoms with E-state index in [9.17, 15) is 0 Å². The van der Waals surface area contributed by atoms with Crippen LogP contribution in [0.25, 0.3) is 10.9 Å². The molecule has 0 saturated carbocycles. The lowest BCUT2D eigenvalue weighted by Gasteiger charge is -2.35. The summed E-state index contributed by atoms with van der Waals surface area (Å²) < 4.78 is 11.1. The van der Waals surface area contributed by atoms with Gasteiger partial charge in [-0.15, -0.1) is 0 Å². The number of piperidine rings is 1. The number of pyridine rings is 1. The van der Waals surface area contributed by atoms with Crippen molar-refractivity contribution in [2.24, 2.45) is 0 Å². The maximum atomic E-state index is 5.56. The summed E-state index contributed by atoms with van der Waals surface area (Å²) in [7, 11) is 3.37. The number of aryl methyl sites for hydroxylation is 1. The summed E-state index contributed by atoms with van der Waals surface area (Å²) in [4.78, 5) is 7.52. The van der Waals surface area contributed by atoms with Crippen molar-refractivity contribution in [3.63, 3.8) is 0 Å². The highest BCUT2D eigenvalue weighted by Crippen LogP contribution is 2.40. The van der Waals surface area contributed by atoms with Crippen LogP contribution in [0.3, 0.4) is 0 Å². The zero-order valence-electron chi connectivity index (χ0n) is 17.0. The number of fused-ring (bicyclic) bond motifs is 2. The summed E-state index contributed by atoms with van der Waals surface area (Å²) in [6.07, 6.45) is 5.74. The molecule has 2 heterocycles. The molecule has 1 aliphatic heterocycles. The molecule has 1 N–H and O–H groups in total. The minimum Gasteiger partial charge on any atom is -0.493 e. The summed E-state index contributed by atoms with van der Waals surface area (Å²) in [6, 6.07) is 5.25. The van der Waals surface area contributed by atoms with Gasteiger partial charge in [0.1, 0.15) is 0 Å². The third-order valence-electron chi connectivity index (χ3n) is 6.13. The second-order valence-electron chi connectivity index (χ2n) is 8.04. The van der Waals surface area contributed by atoms with Crippen molar-refractivity contribution in [2.45, 2.75) is 58.0 Å². The Morgan fingerprint density at radius 3 is 2.44 bits per heavy atom. The Labute approximate surface area is 162 Å². The first-order valence-corrected chi connectivity index (χ1v) is 10.2. The van der Waals surface area contributed by atoms with Gasteiger partial charge in [-0.05, 0) is 57.6 Å². The highest BCUT2D eigenvalue weighted by molar-refractivity contribution is 5.96. The van der Waals surface area contributed by atoms with Gasteiger partial charge in [-0.3, -0.25) is 4.98 Å². The maximum Gasteiger partial charge on any atom is 0.162 e. The standard InChI is InChI=1S/C22H31N3O2/c1-14(2)25-10-8-15(9-11-25)23-22-16-6-5-7-18(16)24-19-13-21(27-4)20(26-3)12-17(19)22/h12-15H,5-11H2,1-4H3,(H,23,24). The molecular formula is C22H31N3O2. The van der Waals surface area contributed by atoms with Gasteiger partial charge in [-0.1, -0.05) is 0 Å². The molecule has 27 heavy (non-hydrogen) atoms. The van der Waals surface area contributed by atoms with Gasteiger partial charge in [0.25, 0.3) is 0 Å². The zero-order valence-corrected chi connectivity index (χ0v) is 17.0. The molecule has 0 atom stereocenters. The normalized spacial score (nSPS) is 18.1. The number of methoxy groups -OCH3 is 2. The van der Waals surface area contributed by atoms with Gasteiger partial charge < -0.3 is 19.7 Å². The number of benzene rings is 1. The molecule has 1 aliphatic carbocycles. The summed E-state index contributed by atoms with van der Waals surface area (Å²) in [5, 5.41) is 5.06. The topological polar surface area (TPSA) is 46.6 Å². The van der Waals surface area contributed by atoms with Crippen LogP contribution in [0.2, 0.25) is 0 Å². The van der Waals surface area contributed by atoms with E-state index in [0.717, 1.165) is 48.3 Å². The van der Waals surface area contributed by atoms with Gasteiger partial charge in [-0.25, -0.2) is 0 Å². The van der Waals surface area contributed by atoms with E-state index in [0.29, 0.717) is 12.1 Å². The number of hydrogen-bond acceptors (Lipinski definition) is 5. The Balaban J connectivity index is 1.70. The number of nitrogens with zero attached hydrogens (tertiary/aromatic N) is 2. The van der Waals surface area contributed by atoms with E-state index >= 15 is 0 Å². The van der Waals surface area contributed by atoms with Crippen LogP contribution in [-0.4, -0.2) is 49.3 Å². The summed E-state index contributed by atoms with van der Waals surface area (Å²) >= 11 is 0. The predicted molar refractivity (Wildman–Crippen MR) is 110 cm³/mol. The molecule has 5 nitrogen and oxygen atoms in total. The smallest absolute Gasteiger partial charge is 0.162 e. The van der Waals surface area contributed by atoms with Crippen LogP contribution in [0, 0.1) is 0 Å². The van der Waals surface area contributed by atoms with Crippen LogP contribution >= 0.6 is 0 Å². The maximum absolute atomic E-state index is 5.56. The van der Waals surface area contributed by atoms with E-state index in [1.165, 1.54) is 36.2 Å². The molecule has 146 valence electrons. The molecule has 0 radical (unpaired) electrons. The molecule has 2 aromatic rings. The van der Waals surface area contributed by atoms with E-state index in [2.05, 4.69) is 30.1 Å². The van der Waals surface area contributed by atoms with Gasteiger partial charge in [0, 0.05) is 48.0 Å². The lowest BCUT2D eigenvalue weighted by Crippen LogP contribution is -2.42. The molecule has 1 aromatic carbocycles. The Morgan fingerprint density at radius 2 is 1.78 bits per heavy atom. The fraction of sp³-hybridized carbons (Fsp3) is 0.591. The highest BCUT2D eigenvalue weighted by Gasteiger charge is 2.25. The lowest BCUT2D eigenvalue weighted by atomic mass is 10.0. The second kappa shape index (κ2) is 7.55. The number of anilines is 1. The monoisotopic (exact) mass is 369 g/mol. The summed E-state index contributed by atoms with van der Waals surface area (Å²) in [5.41, 5.74) is 4.92. The van der Waals surface area contributed by atoms with E-state index in [-0.39, 0.29) is 0 Å². The fourth-order valence-electron chi connectivity index (χ4n) is 4.52. The molecule has 1 saturated heterocycles. The Morgan fingerprint density at radius 1 is 1.07 bits per heavy atom. The second-order valence-corrected chi connectivity index (χ2v) is 8.04. The number of likely N-dealkylation sites (tertiary alicyclic amines) is 1. The lowest BCUT2D eigenvalue weighted by molar-refractivity contribution is 0.177. The van der Waals surface area contributed by atoms with Crippen molar-refractivity contribution in [1.29, 1.82) is 0 Å². The van der Waals surface area contributed by atoms with E-state index in [1.54, 1.807) is 14.2 Å². The summed E-state index contributed by atoms with van der Waals surface area (Å²) in [6.45, 7) is 6.91. The van der Waals surface area contributed by atoms with Crippen molar-refractivity contribution in [1.82, 2.24) is 9.88 Å². The first kappa shape index (κ1) is 18.4. The van der Waals surface area contributed by atoms with E-state index in [4.69, 9.17) is 14.5 Å². The molecule has 5 heteroatoms. The minimum atomic E-state index is 0.517. The molecule has 2 aliphatic rings. The van der Waals surface area contributed by atoms with Crippen LogP contribution in [0.4, 0.5) is 5.69 Å². The first-order valence-electron chi connectivity index (χ1n) is 10.2. The molecule has 0 bridgehead atoms. The third-order valence-corrected chi connectivity index (χ3v) is 6.13. The minimum absolute atomic E-state index is 0.517. The highest BCUT2D eigenvalue weighted by atomic mass is 16.5. The van der Waals surface area contributed by atoms with E-state index < -0.39 is 0 Å². The predicted octanol–water partition coefficient (Wildman–Crippen LogP) is 4.03. The van der Waals surface area contributed by atoms with Crippen LogP contribution in [0.15, 0.2) is 12.1 Å². The number of ether oxygens (including phenoxy) is 2. The average Bonchev–Trinajstić information content (AvgIpc) is 3.15. The van der Waals surface area contributed by atoms with Crippen LogP contribution < -0.4 is 14.8 Å². The average molecular weight is 370 g/mol. The largest absolute Gasteiger partial charge is 0.493 e. The van der Waals surface area contributed by atoms with Gasteiger partial charge >= 0.3 is 0 Å². The van der Waals surface area contributed by atoms with Gasteiger partial charge in [0.15, 0.2) is 11.5 Å². The summed E-state index contributed by atoms with van der Waals surface area (Å²) in [5.74, 6) is 1.51.